The fourth-order valence-electron chi connectivity index (χ4n) is 1.23. The molecule has 17 heavy (non-hydrogen) atoms. The van der Waals surface area contributed by atoms with Crippen LogP contribution in [0.4, 0.5) is 0 Å². The van der Waals surface area contributed by atoms with Crippen molar-refractivity contribution in [3.8, 4) is 0 Å². The highest BCUT2D eigenvalue weighted by Crippen LogP contribution is 2.09. The summed E-state index contributed by atoms with van der Waals surface area (Å²) in [4.78, 5) is 33.4. The van der Waals surface area contributed by atoms with Gasteiger partial charge >= 0.3 is 11.9 Å². The molecule has 92 valence electrons. The zero-order valence-corrected chi connectivity index (χ0v) is 9.04. The molecule has 0 radical (unpaired) electrons. The second kappa shape index (κ2) is 5.15. The maximum atomic E-state index is 11.7. The summed E-state index contributed by atoms with van der Waals surface area (Å²) in [5, 5.41) is 17.2. The van der Waals surface area contributed by atoms with Crippen molar-refractivity contribution in [2.45, 2.75) is 6.92 Å². The average Bonchev–Trinajstić information content (AvgIpc) is 2.61. The predicted octanol–water partition coefficient (Wildman–Crippen LogP) is 0.199. The molecule has 0 unspecified atom stereocenters. The first-order valence-electron chi connectivity index (χ1n) is 4.69. The molecule has 0 spiro atoms. The van der Waals surface area contributed by atoms with Crippen molar-refractivity contribution in [2.24, 2.45) is 0 Å². The number of carbonyl (C=O) groups excluding carboxylic acids is 1. The van der Waals surface area contributed by atoms with Gasteiger partial charge in [0.05, 0.1) is 0 Å². The lowest BCUT2D eigenvalue weighted by atomic mass is 10.3. The van der Waals surface area contributed by atoms with E-state index in [0.29, 0.717) is 10.7 Å². The van der Waals surface area contributed by atoms with Crippen molar-refractivity contribution in [1.29, 1.82) is 0 Å². The van der Waals surface area contributed by atoms with Gasteiger partial charge in [0.25, 0.3) is 5.91 Å². The number of carboxylic acids is 2. The van der Waals surface area contributed by atoms with Crippen molar-refractivity contribution < 1.29 is 29.0 Å². The summed E-state index contributed by atoms with van der Waals surface area (Å²) < 4.78 is 5.01. The molecule has 1 heterocycles. The molecule has 1 aromatic heterocycles. The standard InChI is InChI=1S/C10H11NO6/c1-6-2-3-7(17-6)10(16)11(4-8(12)13)5-9(14)15/h2-3H,4-5H2,1H3,(H,12,13)(H,14,15). The third-order valence-electron chi connectivity index (χ3n) is 1.89. The summed E-state index contributed by atoms with van der Waals surface area (Å²) in [5.74, 6) is -2.93. The van der Waals surface area contributed by atoms with Gasteiger partial charge in [-0.05, 0) is 19.1 Å². The van der Waals surface area contributed by atoms with E-state index in [1.165, 1.54) is 12.1 Å². The second-order valence-corrected chi connectivity index (χ2v) is 3.36. The normalized spacial score (nSPS) is 9.94. The fraction of sp³-hybridized carbons (Fsp3) is 0.300. The van der Waals surface area contributed by atoms with E-state index in [1.54, 1.807) is 6.92 Å². The summed E-state index contributed by atoms with van der Waals surface area (Å²) in [6.07, 6.45) is 0. The number of rotatable bonds is 5. The number of amides is 1. The van der Waals surface area contributed by atoms with Crippen LogP contribution in [-0.2, 0) is 9.59 Å². The Morgan fingerprint density at radius 1 is 1.18 bits per heavy atom. The summed E-state index contributed by atoms with van der Waals surface area (Å²) in [6.45, 7) is 0.241. The SMILES string of the molecule is Cc1ccc(C(=O)N(CC(=O)O)CC(=O)O)o1. The first-order chi connectivity index (χ1) is 7.90. The van der Waals surface area contributed by atoms with E-state index >= 15 is 0 Å². The Morgan fingerprint density at radius 2 is 1.71 bits per heavy atom. The van der Waals surface area contributed by atoms with Crippen molar-refractivity contribution in [3.63, 3.8) is 0 Å². The zero-order chi connectivity index (χ0) is 13.0. The molecule has 2 N–H and O–H groups in total. The van der Waals surface area contributed by atoms with Crippen LogP contribution in [-0.4, -0.2) is 46.0 Å². The van der Waals surface area contributed by atoms with E-state index in [4.69, 9.17) is 14.6 Å². The number of carboxylic acid groups (broad SMARTS) is 2. The van der Waals surface area contributed by atoms with Gasteiger partial charge in [0.15, 0.2) is 5.76 Å². The topological polar surface area (TPSA) is 108 Å². The van der Waals surface area contributed by atoms with E-state index < -0.39 is 30.9 Å². The van der Waals surface area contributed by atoms with E-state index in [1.807, 2.05) is 0 Å². The minimum Gasteiger partial charge on any atom is -0.480 e. The average molecular weight is 241 g/mol. The van der Waals surface area contributed by atoms with Crippen molar-refractivity contribution in [2.75, 3.05) is 13.1 Å². The molecule has 1 rings (SSSR count). The summed E-state index contributed by atoms with van der Waals surface area (Å²) in [7, 11) is 0. The minimum absolute atomic E-state index is 0.0787. The Labute approximate surface area is 96.2 Å². The number of nitrogens with zero attached hydrogens (tertiary/aromatic N) is 1. The maximum absolute atomic E-state index is 11.7. The Hall–Kier alpha value is -2.31. The van der Waals surface area contributed by atoms with Crippen LogP contribution in [0.2, 0.25) is 0 Å². The van der Waals surface area contributed by atoms with Crippen LogP contribution < -0.4 is 0 Å². The summed E-state index contributed by atoms with van der Waals surface area (Å²) in [5.41, 5.74) is 0. The molecular weight excluding hydrogens is 230 g/mol. The van der Waals surface area contributed by atoms with Gasteiger partial charge in [-0.15, -0.1) is 0 Å². The van der Waals surface area contributed by atoms with E-state index in [9.17, 15) is 14.4 Å². The Bertz CT molecular complexity index is 433. The molecule has 0 bridgehead atoms. The molecule has 1 aromatic rings. The van der Waals surface area contributed by atoms with Gasteiger partial charge in [-0.1, -0.05) is 0 Å². The van der Waals surface area contributed by atoms with Crippen LogP contribution in [0.15, 0.2) is 16.5 Å². The van der Waals surface area contributed by atoms with Crippen molar-refractivity contribution in [1.82, 2.24) is 4.90 Å². The maximum Gasteiger partial charge on any atom is 0.323 e. The van der Waals surface area contributed by atoms with Gasteiger partial charge in [-0.25, -0.2) is 0 Å². The molecule has 7 heteroatoms. The minimum atomic E-state index is -1.29. The van der Waals surface area contributed by atoms with E-state index in [2.05, 4.69) is 0 Å². The molecule has 1 amide bonds. The third kappa shape index (κ3) is 3.63. The highest BCUT2D eigenvalue weighted by molar-refractivity contribution is 5.95. The van der Waals surface area contributed by atoms with Gasteiger partial charge in [0, 0.05) is 0 Å². The first-order valence-corrected chi connectivity index (χ1v) is 4.69. The zero-order valence-electron chi connectivity index (χ0n) is 9.04. The van der Waals surface area contributed by atoms with Crippen LogP contribution in [0, 0.1) is 6.92 Å². The van der Waals surface area contributed by atoms with Crippen molar-refractivity contribution in [3.05, 3.63) is 23.7 Å². The van der Waals surface area contributed by atoms with Gasteiger partial charge in [-0.3, -0.25) is 14.4 Å². The molecule has 7 nitrogen and oxygen atoms in total. The van der Waals surface area contributed by atoms with Gasteiger partial charge in [0.1, 0.15) is 18.8 Å². The summed E-state index contributed by atoms with van der Waals surface area (Å²) >= 11 is 0. The van der Waals surface area contributed by atoms with Crippen molar-refractivity contribution >= 4 is 17.8 Å². The van der Waals surface area contributed by atoms with Crippen LogP contribution in [0.25, 0.3) is 0 Å². The smallest absolute Gasteiger partial charge is 0.323 e. The summed E-state index contributed by atoms with van der Waals surface area (Å²) in [6, 6.07) is 2.90. The first kappa shape index (κ1) is 12.8. The molecular formula is C10H11NO6. The molecule has 0 saturated heterocycles. The number of hydrogen-bond acceptors (Lipinski definition) is 4. The number of aryl methyl sites for hydroxylation is 1. The Balaban J connectivity index is 2.85. The third-order valence-corrected chi connectivity index (χ3v) is 1.89. The monoisotopic (exact) mass is 241 g/mol. The molecule has 0 atom stereocenters. The molecule has 0 aliphatic heterocycles. The lowest BCUT2D eigenvalue weighted by Gasteiger charge is -2.16. The molecule has 0 aromatic carbocycles. The highest BCUT2D eigenvalue weighted by atomic mass is 16.4. The largest absolute Gasteiger partial charge is 0.480 e. The van der Waals surface area contributed by atoms with Crippen LogP contribution >= 0.6 is 0 Å². The molecule has 0 saturated carbocycles. The molecule has 0 fully saturated rings. The quantitative estimate of drug-likeness (QED) is 0.762. The van der Waals surface area contributed by atoms with E-state index in [-0.39, 0.29) is 5.76 Å². The number of carbonyl (C=O) groups is 3. The lowest BCUT2D eigenvalue weighted by molar-refractivity contribution is -0.140. The second-order valence-electron chi connectivity index (χ2n) is 3.36. The van der Waals surface area contributed by atoms with E-state index in [0.717, 1.165) is 0 Å². The predicted molar refractivity (Wildman–Crippen MR) is 54.6 cm³/mol. The molecule has 0 aliphatic rings. The van der Waals surface area contributed by atoms with Crippen LogP contribution in [0.3, 0.4) is 0 Å². The number of furan rings is 1. The van der Waals surface area contributed by atoms with Gasteiger partial charge in [0.2, 0.25) is 0 Å². The fourth-order valence-corrected chi connectivity index (χ4v) is 1.23. The Kier molecular flexibility index (Phi) is 3.86. The Morgan fingerprint density at radius 3 is 2.06 bits per heavy atom. The number of aliphatic carboxylic acids is 2. The van der Waals surface area contributed by atoms with Crippen LogP contribution in [0.1, 0.15) is 16.3 Å². The van der Waals surface area contributed by atoms with Crippen LogP contribution in [0.5, 0.6) is 0 Å². The molecule has 0 aliphatic carbocycles. The van der Waals surface area contributed by atoms with Gasteiger partial charge < -0.3 is 19.5 Å². The van der Waals surface area contributed by atoms with Gasteiger partial charge in [-0.2, -0.15) is 0 Å². The highest BCUT2D eigenvalue weighted by Gasteiger charge is 2.23. The number of hydrogen-bond donors (Lipinski definition) is 2. The lowest BCUT2D eigenvalue weighted by Crippen LogP contribution is -2.39.